The number of aliphatic carboxylic acids is 1. The Morgan fingerprint density at radius 2 is 2.06 bits per heavy atom. The van der Waals surface area contributed by atoms with Gasteiger partial charge in [0.05, 0.1) is 0 Å². The maximum absolute atomic E-state index is 11.8. The van der Waals surface area contributed by atoms with Crippen LogP contribution in [-0.2, 0) is 4.79 Å². The van der Waals surface area contributed by atoms with Crippen molar-refractivity contribution in [2.75, 3.05) is 6.54 Å². The van der Waals surface area contributed by atoms with Crippen molar-refractivity contribution in [2.45, 2.75) is 57.9 Å². The Labute approximate surface area is 104 Å². The minimum atomic E-state index is -0.644. The second kappa shape index (κ2) is 4.97. The van der Waals surface area contributed by atoms with E-state index in [2.05, 4.69) is 19.2 Å². The molecule has 2 unspecified atom stereocenters. The van der Waals surface area contributed by atoms with Gasteiger partial charge in [0.2, 0.25) is 0 Å². The van der Waals surface area contributed by atoms with Crippen LogP contribution in [0, 0.1) is 17.8 Å². The molecule has 2 fully saturated rings. The van der Waals surface area contributed by atoms with Crippen molar-refractivity contribution in [2.24, 2.45) is 17.8 Å². The van der Waals surface area contributed by atoms with Gasteiger partial charge in [0.1, 0.15) is 5.54 Å². The predicted octanol–water partition coefficient (Wildman–Crippen LogP) is 2.66. The summed E-state index contributed by atoms with van der Waals surface area (Å²) in [5, 5.41) is 13.1. The van der Waals surface area contributed by atoms with Crippen LogP contribution in [0.5, 0.6) is 0 Å². The van der Waals surface area contributed by atoms with Gasteiger partial charge in [0.15, 0.2) is 0 Å². The van der Waals surface area contributed by atoms with Gasteiger partial charge in [0, 0.05) is 0 Å². The van der Waals surface area contributed by atoms with Crippen LogP contribution in [0.4, 0.5) is 0 Å². The number of carboxylic acids is 1. The van der Waals surface area contributed by atoms with Crippen LogP contribution in [0.2, 0.25) is 0 Å². The normalized spacial score (nSPS) is 33.9. The molecule has 2 saturated carbocycles. The van der Waals surface area contributed by atoms with Gasteiger partial charge >= 0.3 is 5.97 Å². The maximum Gasteiger partial charge on any atom is 0.324 e. The summed E-state index contributed by atoms with van der Waals surface area (Å²) in [5.41, 5.74) is -0.644. The second-order valence-corrected chi connectivity index (χ2v) is 6.20. The van der Waals surface area contributed by atoms with E-state index in [1.165, 1.54) is 19.3 Å². The number of carboxylic acid groups (broad SMARTS) is 1. The van der Waals surface area contributed by atoms with Crippen molar-refractivity contribution >= 4 is 5.97 Å². The fraction of sp³-hybridized carbons (Fsp3) is 0.929. The zero-order valence-corrected chi connectivity index (χ0v) is 11.0. The summed E-state index contributed by atoms with van der Waals surface area (Å²) in [6, 6.07) is 0. The third-order valence-electron chi connectivity index (χ3n) is 4.56. The molecule has 2 aliphatic rings. The lowest BCUT2D eigenvalue weighted by atomic mass is 9.67. The van der Waals surface area contributed by atoms with Crippen molar-refractivity contribution in [3.63, 3.8) is 0 Å². The van der Waals surface area contributed by atoms with Gasteiger partial charge in [-0.25, -0.2) is 0 Å². The molecule has 98 valence electrons. The smallest absolute Gasteiger partial charge is 0.324 e. The summed E-state index contributed by atoms with van der Waals surface area (Å²) < 4.78 is 0. The van der Waals surface area contributed by atoms with Gasteiger partial charge in [-0.05, 0) is 50.0 Å². The Hall–Kier alpha value is -0.570. The average molecular weight is 239 g/mol. The molecule has 3 heteroatoms. The van der Waals surface area contributed by atoms with Crippen LogP contribution in [0.3, 0.4) is 0 Å². The van der Waals surface area contributed by atoms with Crippen LogP contribution >= 0.6 is 0 Å². The highest BCUT2D eigenvalue weighted by Gasteiger charge is 2.48. The predicted molar refractivity (Wildman–Crippen MR) is 67.9 cm³/mol. The Kier molecular flexibility index (Phi) is 3.76. The van der Waals surface area contributed by atoms with Gasteiger partial charge in [-0.2, -0.15) is 0 Å². The highest BCUT2D eigenvalue weighted by atomic mass is 16.4. The van der Waals surface area contributed by atoms with Crippen LogP contribution < -0.4 is 5.32 Å². The van der Waals surface area contributed by atoms with Crippen LogP contribution in [0.1, 0.15) is 52.4 Å². The highest BCUT2D eigenvalue weighted by Crippen LogP contribution is 2.39. The van der Waals surface area contributed by atoms with Gasteiger partial charge in [-0.15, -0.1) is 0 Å². The molecular weight excluding hydrogens is 214 g/mol. The van der Waals surface area contributed by atoms with Gasteiger partial charge in [0.25, 0.3) is 0 Å². The molecule has 3 nitrogen and oxygen atoms in total. The van der Waals surface area contributed by atoms with E-state index in [0.29, 0.717) is 5.92 Å². The number of hydrogen-bond donors (Lipinski definition) is 2. The van der Waals surface area contributed by atoms with Gasteiger partial charge in [-0.3, -0.25) is 4.79 Å². The van der Waals surface area contributed by atoms with E-state index in [1.54, 1.807) is 0 Å². The zero-order valence-electron chi connectivity index (χ0n) is 11.0. The minimum Gasteiger partial charge on any atom is -0.480 e. The summed E-state index contributed by atoms with van der Waals surface area (Å²) >= 11 is 0. The summed E-state index contributed by atoms with van der Waals surface area (Å²) in [6.45, 7) is 5.22. The molecule has 2 N–H and O–H groups in total. The quantitative estimate of drug-likeness (QED) is 0.775. The number of hydrogen-bond acceptors (Lipinski definition) is 2. The SMILES string of the molecule is CC(C)C1CCCCC1(NCC1CC1)C(=O)O. The molecule has 0 bridgehead atoms. The van der Waals surface area contributed by atoms with Crippen LogP contribution in [-0.4, -0.2) is 23.2 Å². The van der Waals surface area contributed by atoms with Crippen molar-refractivity contribution in [3.8, 4) is 0 Å². The molecule has 2 aliphatic carbocycles. The third-order valence-corrected chi connectivity index (χ3v) is 4.56. The molecule has 0 saturated heterocycles. The van der Waals surface area contributed by atoms with Crippen LogP contribution in [0.25, 0.3) is 0 Å². The minimum absolute atomic E-state index is 0.285. The maximum atomic E-state index is 11.8. The van der Waals surface area contributed by atoms with Gasteiger partial charge < -0.3 is 10.4 Å². The molecule has 2 atom stereocenters. The standard InChI is InChI=1S/C14H25NO2/c1-10(2)12-5-3-4-8-14(12,13(16)17)15-9-11-6-7-11/h10-12,15H,3-9H2,1-2H3,(H,16,17). The van der Waals surface area contributed by atoms with E-state index >= 15 is 0 Å². The lowest BCUT2D eigenvalue weighted by Gasteiger charge is -2.43. The molecule has 0 aromatic rings. The molecule has 0 aliphatic heterocycles. The molecule has 17 heavy (non-hydrogen) atoms. The van der Waals surface area contributed by atoms with E-state index in [-0.39, 0.29) is 5.92 Å². The van der Waals surface area contributed by atoms with Crippen molar-refractivity contribution in [1.29, 1.82) is 0 Å². The average Bonchev–Trinajstić information content (AvgIpc) is 3.10. The van der Waals surface area contributed by atoms with E-state index in [1.807, 2.05) is 0 Å². The molecule has 0 spiro atoms. The molecule has 0 heterocycles. The van der Waals surface area contributed by atoms with Crippen molar-refractivity contribution in [3.05, 3.63) is 0 Å². The Morgan fingerprint density at radius 3 is 2.59 bits per heavy atom. The van der Waals surface area contributed by atoms with E-state index < -0.39 is 11.5 Å². The fourth-order valence-electron chi connectivity index (χ4n) is 3.31. The van der Waals surface area contributed by atoms with Crippen LogP contribution in [0.15, 0.2) is 0 Å². The third kappa shape index (κ3) is 2.65. The first-order chi connectivity index (χ1) is 8.06. The van der Waals surface area contributed by atoms with Crippen molar-refractivity contribution < 1.29 is 9.90 Å². The summed E-state index contributed by atoms with van der Waals surface area (Å²) in [5.74, 6) is 0.836. The largest absolute Gasteiger partial charge is 0.480 e. The van der Waals surface area contributed by atoms with Gasteiger partial charge in [-0.1, -0.05) is 26.7 Å². The molecule has 2 rings (SSSR count). The summed E-state index contributed by atoms with van der Waals surface area (Å²) in [6.07, 6.45) is 6.64. The first-order valence-corrected chi connectivity index (χ1v) is 7.04. The Bertz CT molecular complexity index is 286. The highest BCUT2D eigenvalue weighted by molar-refractivity contribution is 5.79. The number of carbonyl (C=O) groups is 1. The zero-order chi connectivity index (χ0) is 12.5. The molecule has 0 amide bonds. The molecular formula is C14H25NO2. The Balaban J connectivity index is 2.12. The second-order valence-electron chi connectivity index (χ2n) is 6.20. The fourth-order valence-corrected chi connectivity index (χ4v) is 3.31. The number of rotatable bonds is 5. The molecule has 0 radical (unpaired) electrons. The lowest BCUT2D eigenvalue weighted by Crippen LogP contribution is -2.60. The molecule has 0 aromatic heterocycles. The van der Waals surface area contributed by atoms with E-state index in [0.717, 1.165) is 31.7 Å². The first-order valence-electron chi connectivity index (χ1n) is 7.04. The molecule has 0 aromatic carbocycles. The van der Waals surface area contributed by atoms with E-state index in [4.69, 9.17) is 0 Å². The monoisotopic (exact) mass is 239 g/mol. The first kappa shape index (κ1) is 12.9. The summed E-state index contributed by atoms with van der Waals surface area (Å²) in [7, 11) is 0. The summed E-state index contributed by atoms with van der Waals surface area (Å²) in [4.78, 5) is 11.8. The van der Waals surface area contributed by atoms with E-state index in [9.17, 15) is 9.90 Å². The topological polar surface area (TPSA) is 49.3 Å². The number of nitrogens with one attached hydrogen (secondary N) is 1. The Morgan fingerprint density at radius 1 is 1.35 bits per heavy atom. The van der Waals surface area contributed by atoms with Crippen molar-refractivity contribution in [1.82, 2.24) is 5.32 Å². The lowest BCUT2D eigenvalue weighted by molar-refractivity contribution is -0.150.